The normalized spacial score (nSPS) is 14.2. The SMILES string of the molecule is NC(=O)C(NC(=O)c1cccc2c1CCCN2)c1ccc(F)cc1. The number of hydrogen-bond acceptors (Lipinski definition) is 3. The summed E-state index contributed by atoms with van der Waals surface area (Å²) in [5, 5.41) is 5.91. The van der Waals surface area contributed by atoms with Crippen LogP contribution in [0, 0.1) is 5.82 Å². The molecule has 24 heavy (non-hydrogen) atoms. The Hall–Kier alpha value is -2.89. The maximum absolute atomic E-state index is 13.1. The van der Waals surface area contributed by atoms with Gasteiger partial charge in [-0.05, 0) is 48.2 Å². The van der Waals surface area contributed by atoms with E-state index in [0.29, 0.717) is 11.1 Å². The highest BCUT2D eigenvalue weighted by atomic mass is 19.1. The minimum atomic E-state index is -1.01. The van der Waals surface area contributed by atoms with Gasteiger partial charge < -0.3 is 16.4 Å². The Morgan fingerprint density at radius 1 is 1.17 bits per heavy atom. The lowest BCUT2D eigenvalue weighted by molar-refractivity contribution is -0.120. The van der Waals surface area contributed by atoms with Crippen LogP contribution < -0.4 is 16.4 Å². The van der Waals surface area contributed by atoms with E-state index in [-0.39, 0.29) is 5.91 Å². The maximum Gasteiger partial charge on any atom is 0.252 e. The second kappa shape index (κ2) is 6.70. The minimum absolute atomic E-state index is 0.372. The van der Waals surface area contributed by atoms with Gasteiger partial charge >= 0.3 is 0 Å². The van der Waals surface area contributed by atoms with Gasteiger partial charge in [0.25, 0.3) is 5.91 Å². The van der Waals surface area contributed by atoms with Crippen LogP contribution in [0.5, 0.6) is 0 Å². The molecule has 1 unspecified atom stereocenters. The summed E-state index contributed by atoms with van der Waals surface area (Å²) >= 11 is 0. The molecule has 5 nitrogen and oxygen atoms in total. The summed E-state index contributed by atoms with van der Waals surface area (Å²) in [7, 11) is 0. The zero-order valence-electron chi connectivity index (χ0n) is 13.0. The number of hydrogen-bond donors (Lipinski definition) is 3. The molecule has 1 aliphatic heterocycles. The fraction of sp³-hybridized carbons (Fsp3) is 0.222. The second-order valence-electron chi connectivity index (χ2n) is 5.72. The van der Waals surface area contributed by atoms with Crippen LogP contribution in [0.3, 0.4) is 0 Å². The van der Waals surface area contributed by atoms with Gasteiger partial charge in [0, 0.05) is 17.8 Å². The standard InChI is InChI=1S/C18H18FN3O2/c19-12-8-6-11(7-9-12)16(17(20)23)22-18(24)14-3-1-5-15-13(14)4-2-10-21-15/h1,3,5-9,16,21H,2,4,10H2,(H2,20,23)(H,22,24). The predicted molar refractivity (Wildman–Crippen MR) is 89.1 cm³/mol. The van der Waals surface area contributed by atoms with Crippen molar-refractivity contribution in [3.05, 3.63) is 65.0 Å². The lowest BCUT2D eigenvalue weighted by atomic mass is 9.96. The van der Waals surface area contributed by atoms with Crippen molar-refractivity contribution in [1.29, 1.82) is 0 Å². The number of nitrogens with two attached hydrogens (primary N) is 1. The van der Waals surface area contributed by atoms with Crippen LogP contribution in [0.15, 0.2) is 42.5 Å². The number of halogens is 1. The van der Waals surface area contributed by atoms with E-state index in [1.54, 1.807) is 12.1 Å². The molecule has 4 N–H and O–H groups in total. The van der Waals surface area contributed by atoms with Gasteiger partial charge in [0.15, 0.2) is 0 Å². The highest BCUT2D eigenvalue weighted by molar-refractivity contribution is 6.00. The van der Waals surface area contributed by atoms with Crippen molar-refractivity contribution in [3.8, 4) is 0 Å². The zero-order chi connectivity index (χ0) is 17.1. The summed E-state index contributed by atoms with van der Waals surface area (Å²) in [6, 6.07) is 9.77. The summed E-state index contributed by atoms with van der Waals surface area (Å²) in [6.07, 6.45) is 1.73. The lowest BCUT2D eigenvalue weighted by Crippen LogP contribution is -2.38. The van der Waals surface area contributed by atoms with E-state index in [1.165, 1.54) is 24.3 Å². The molecule has 0 fully saturated rings. The van der Waals surface area contributed by atoms with Crippen LogP contribution >= 0.6 is 0 Å². The summed E-state index contributed by atoms with van der Waals surface area (Å²) < 4.78 is 13.1. The number of primary amides is 1. The highest BCUT2D eigenvalue weighted by Gasteiger charge is 2.23. The molecule has 0 spiro atoms. The van der Waals surface area contributed by atoms with Crippen LogP contribution in [0.1, 0.15) is 33.9 Å². The van der Waals surface area contributed by atoms with Gasteiger partial charge in [-0.1, -0.05) is 18.2 Å². The number of fused-ring (bicyclic) bond motifs is 1. The number of benzene rings is 2. The van der Waals surface area contributed by atoms with Crippen LogP contribution in [0.4, 0.5) is 10.1 Å². The smallest absolute Gasteiger partial charge is 0.252 e. The van der Waals surface area contributed by atoms with E-state index in [1.807, 2.05) is 6.07 Å². The topological polar surface area (TPSA) is 84.2 Å². The lowest BCUT2D eigenvalue weighted by Gasteiger charge is -2.22. The monoisotopic (exact) mass is 327 g/mol. The Morgan fingerprint density at radius 3 is 2.62 bits per heavy atom. The Morgan fingerprint density at radius 2 is 1.92 bits per heavy atom. The highest BCUT2D eigenvalue weighted by Crippen LogP contribution is 2.26. The molecule has 1 atom stereocenters. The summed E-state index contributed by atoms with van der Waals surface area (Å²) in [6.45, 7) is 0.873. The molecule has 1 aliphatic rings. The van der Waals surface area contributed by atoms with E-state index in [9.17, 15) is 14.0 Å². The first kappa shape index (κ1) is 16.0. The Bertz CT molecular complexity index is 774. The maximum atomic E-state index is 13.1. The molecule has 0 radical (unpaired) electrons. The number of carbonyl (C=O) groups excluding carboxylic acids is 2. The molecule has 2 aromatic rings. The van der Waals surface area contributed by atoms with Gasteiger partial charge in [-0.3, -0.25) is 9.59 Å². The molecule has 0 aromatic heterocycles. The molecule has 1 heterocycles. The van der Waals surface area contributed by atoms with Crippen LogP contribution in [-0.2, 0) is 11.2 Å². The van der Waals surface area contributed by atoms with Gasteiger partial charge in [-0.2, -0.15) is 0 Å². The first-order chi connectivity index (χ1) is 11.6. The zero-order valence-corrected chi connectivity index (χ0v) is 13.0. The molecule has 3 rings (SSSR count). The Labute approximate surface area is 139 Å². The van der Waals surface area contributed by atoms with E-state index >= 15 is 0 Å². The molecule has 6 heteroatoms. The van der Waals surface area contributed by atoms with Crippen LogP contribution in [-0.4, -0.2) is 18.4 Å². The number of carbonyl (C=O) groups is 2. The van der Waals surface area contributed by atoms with Crippen molar-refractivity contribution in [2.45, 2.75) is 18.9 Å². The third-order valence-corrected chi connectivity index (χ3v) is 4.10. The Balaban J connectivity index is 1.87. The third-order valence-electron chi connectivity index (χ3n) is 4.10. The number of rotatable bonds is 4. The molecule has 2 amide bonds. The summed E-state index contributed by atoms with van der Waals surface area (Å²) in [4.78, 5) is 24.4. The first-order valence-corrected chi connectivity index (χ1v) is 7.77. The third kappa shape index (κ3) is 3.22. The number of nitrogens with one attached hydrogen (secondary N) is 2. The Kier molecular flexibility index (Phi) is 4.46. The largest absolute Gasteiger partial charge is 0.385 e. The first-order valence-electron chi connectivity index (χ1n) is 7.77. The second-order valence-corrected chi connectivity index (χ2v) is 5.72. The molecule has 0 saturated heterocycles. The summed E-state index contributed by atoms with van der Waals surface area (Å²) in [5.41, 5.74) is 8.25. The van der Waals surface area contributed by atoms with Crippen LogP contribution in [0.25, 0.3) is 0 Å². The number of amides is 2. The van der Waals surface area contributed by atoms with Crippen LogP contribution in [0.2, 0.25) is 0 Å². The van der Waals surface area contributed by atoms with E-state index in [4.69, 9.17) is 5.73 Å². The fourth-order valence-electron chi connectivity index (χ4n) is 2.91. The van der Waals surface area contributed by atoms with Crippen molar-refractivity contribution in [2.24, 2.45) is 5.73 Å². The quantitative estimate of drug-likeness (QED) is 0.804. The van der Waals surface area contributed by atoms with Crippen molar-refractivity contribution < 1.29 is 14.0 Å². The van der Waals surface area contributed by atoms with Gasteiger partial charge in [0.1, 0.15) is 11.9 Å². The van der Waals surface area contributed by atoms with Gasteiger partial charge in [0.05, 0.1) is 0 Å². The average molecular weight is 327 g/mol. The molecule has 0 saturated carbocycles. The fourth-order valence-corrected chi connectivity index (χ4v) is 2.91. The van der Waals surface area contributed by atoms with E-state index < -0.39 is 17.8 Å². The molecular formula is C18H18FN3O2. The van der Waals surface area contributed by atoms with Crippen molar-refractivity contribution >= 4 is 17.5 Å². The average Bonchev–Trinajstić information content (AvgIpc) is 2.59. The van der Waals surface area contributed by atoms with Crippen molar-refractivity contribution in [1.82, 2.24) is 5.32 Å². The molecule has 2 aromatic carbocycles. The summed E-state index contributed by atoms with van der Waals surface area (Å²) in [5.74, 6) is -1.49. The predicted octanol–water partition coefficient (Wildman–Crippen LogP) is 2.14. The minimum Gasteiger partial charge on any atom is -0.385 e. The van der Waals surface area contributed by atoms with E-state index in [2.05, 4.69) is 10.6 Å². The number of anilines is 1. The van der Waals surface area contributed by atoms with Gasteiger partial charge in [0.2, 0.25) is 5.91 Å². The molecule has 0 aliphatic carbocycles. The molecule has 0 bridgehead atoms. The van der Waals surface area contributed by atoms with E-state index in [0.717, 1.165) is 30.6 Å². The van der Waals surface area contributed by atoms with Gasteiger partial charge in [-0.15, -0.1) is 0 Å². The van der Waals surface area contributed by atoms with Gasteiger partial charge in [-0.25, -0.2) is 4.39 Å². The van der Waals surface area contributed by atoms with Crippen molar-refractivity contribution in [2.75, 3.05) is 11.9 Å². The molecular weight excluding hydrogens is 309 g/mol. The molecule has 124 valence electrons. The van der Waals surface area contributed by atoms with Crippen molar-refractivity contribution in [3.63, 3.8) is 0 Å².